The smallest absolute Gasteiger partial charge is 0.142 e. The number of fused-ring (bicyclic) bond motifs is 2. The third kappa shape index (κ3) is 2.64. The Morgan fingerprint density at radius 1 is 1.37 bits per heavy atom. The summed E-state index contributed by atoms with van der Waals surface area (Å²) in [6.07, 6.45) is 6.47. The van der Waals surface area contributed by atoms with E-state index in [0.717, 1.165) is 29.7 Å². The van der Waals surface area contributed by atoms with Crippen molar-refractivity contribution >= 4 is 11.6 Å². The topological polar surface area (TPSA) is 38.0 Å². The van der Waals surface area contributed by atoms with E-state index in [1.165, 1.54) is 31.7 Å². The Bertz CT molecular complexity index is 465. The van der Waals surface area contributed by atoms with Crippen LogP contribution in [0.25, 0.3) is 0 Å². The lowest BCUT2D eigenvalue weighted by Gasteiger charge is -2.26. The standard InChI is InChI=1S/C15H20ClFN2/c16-13-4-3-11(7-14(13)17)15(19-18)8-12-6-9-1-2-10(12)5-9/h3-4,7,9-10,12,15,19H,1-2,5-6,8,18H2. The molecular weight excluding hydrogens is 263 g/mol. The summed E-state index contributed by atoms with van der Waals surface area (Å²) in [7, 11) is 0. The van der Waals surface area contributed by atoms with Crippen molar-refractivity contribution in [2.24, 2.45) is 23.6 Å². The monoisotopic (exact) mass is 282 g/mol. The van der Waals surface area contributed by atoms with Gasteiger partial charge >= 0.3 is 0 Å². The van der Waals surface area contributed by atoms with Gasteiger partial charge in [0.1, 0.15) is 5.82 Å². The van der Waals surface area contributed by atoms with E-state index in [2.05, 4.69) is 5.43 Å². The molecule has 104 valence electrons. The van der Waals surface area contributed by atoms with Crippen LogP contribution >= 0.6 is 11.6 Å². The minimum Gasteiger partial charge on any atom is -0.271 e. The molecule has 2 fully saturated rings. The normalized spacial score (nSPS) is 30.8. The highest BCUT2D eigenvalue weighted by Crippen LogP contribution is 2.50. The van der Waals surface area contributed by atoms with Gasteiger partial charge in [0, 0.05) is 6.04 Å². The minimum atomic E-state index is -0.368. The molecule has 2 aliphatic rings. The fourth-order valence-corrected chi connectivity index (χ4v) is 4.11. The molecule has 0 spiro atoms. The second-order valence-electron chi connectivity index (χ2n) is 6.06. The van der Waals surface area contributed by atoms with Crippen molar-refractivity contribution in [2.75, 3.05) is 0 Å². The van der Waals surface area contributed by atoms with Gasteiger partial charge in [-0.15, -0.1) is 0 Å². The second-order valence-corrected chi connectivity index (χ2v) is 6.47. The average molecular weight is 283 g/mol. The molecule has 0 heterocycles. The van der Waals surface area contributed by atoms with E-state index in [1.807, 2.05) is 6.07 Å². The molecule has 2 bridgehead atoms. The van der Waals surface area contributed by atoms with Crippen LogP contribution in [-0.2, 0) is 0 Å². The van der Waals surface area contributed by atoms with Crippen molar-refractivity contribution in [2.45, 2.75) is 38.1 Å². The summed E-state index contributed by atoms with van der Waals surface area (Å²) < 4.78 is 13.5. The molecular formula is C15H20ClFN2. The van der Waals surface area contributed by atoms with Crippen molar-refractivity contribution in [3.63, 3.8) is 0 Å². The van der Waals surface area contributed by atoms with Crippen LogP contribution in [0.2, 0.25) is 5.02 Å². The quantitative estimate of drug-likeness (QED) is 0.651. The number of halogens is 2. The molecule has 2 aliphatic carbocycles. The molecule has 0 saturated heterocycles. The van der Waals surface area contributed by atoms with Gasteiger partial charge in [-0.25, -0.2) is 4.39 Å². The molecule has 3 rings (SSSR count). The molecule has 1 aromatic carbocycles. The highest BCUT2D eigenvalue weighted by Gasteiger charge is 2.40. The minimum absolute atomic E-state index is 0.0242. The van der Waals surface area contributed by atoms with Crippen LogP contribution in [0.3, 0.4) is 0 Å². The van der Waals surface area contributed by atoms with Gasteiger partial charge in [-0.05, 0) is 61.1 Å². The Morgan fingerprint density at radius 3 is 2.79 bits per heavy atom. The van der Waals surface area contributed by atoms with E-state index in [0.29, 0.717) is 0 Å². The summed E-state index contributed by atoms with van der Waals surface area (Å²) in [6.45, 7) is 0. The Hall–Kier alpha value is -0.640. The number of hydrogen-bond donors (Lipinski definition) is 2. The van der Waals surface area contributed by atoms with Gasteiger partial charge in [0.25, 0.3) is 0 Å². The lowest BCUT2D eigenvalue weighted by molar-refractivity contribution is 0.280. The highest BCUT2D eigenvalue weighted by molar-refractivity contribution is 6.30. The number of rotatable bonds is 4. The molecule has 19 heavy (non-hydrogen) atoms. The molecule has 0 aliphatic heterocycles. The first-order valence-electron chi connectivity index (χ1n) is 7.08. The van der Waals surface area contributed by atoms with Crippen LogP contribution in [0.4, 0.5) is 4.39 Å². The third-order valence-corrected chi connectivity index (χ3v) is 5.28. The highest BCUT2D eigenvalue weighted by atomic mass is 35.5. The van der Waals surface area contributed by atoms with E-state index in [1.54, 1.807) is 6.07 Å². The molecule has 4 unspecified atom stereocenters. The Balaban J connectivity index is 1.71. The lowest BCUT2D eigenvalue weighted by Crippen LogP contribution is -2.30. The number of benzene rings is 1. The summed E-state index contributed by atoms with van der Waals surface area (Å²) in [6, 6.07) is 5.00. The van der Waals surface area contributed by atoms with Gasteiger partial charge in [-0.3, -0.25) is 11.3 Å². The maximum absolute atomic E-state index is 13.5. The van der Waals surface area contributed by atoms with E-state index in [-0.39, 0.29) is 16.9 Å². The Labute approximate surface area is 118 Å². The molecule has 0 amide bonds. The summed E-state index contributed by atoms with van der Waals surface area (Å²) >= 11 is 5.72. The molecule has 2 saturated carbocycles. The van der Waals surface area contributed by atoms with Gasteiger partial charge in [0.05, 0.1) is 5.02 Å². The van der Waals surface area contributed by atoms with Gasteiger partial charge in [-0.1, -0.05) is 24.1 Å². The van der Waals surface area contributed by atoms with Crippen molar-refractivity contribution in [3.8, 4) is 0 Å². The van der Waals surface area contributed by atoms with Gasteiger partial charge in [0.15, 0.2) is 0 Å². The maximum Gasteiger partial charge on any atom is 0.142 e. The molecule has 0 radical (unpaired) electrons. The summed E-state index contributed by atoms with van der Waals surface area (Å²) in [5.41, 5.74) is 3.74. The predicted octanol–water partition coefficient (Wildman–Crippen LogP) is 3.81. The second kappa shape index (κ2) is 5.39. The lowest BCUT2D eigenvalue weighted by atomic mass is 9.83. The summed E-state index contributed by atoms with van der Waals surface area (Å²) in [4.78, 5) is 0. The zero-order valence-electron chi connectivity index (χ0n) is 10.9. The van der Waals surface area contributed by atoms with Crippen molar-refractivity contribution in [3.05, 3.63) is 34.6 Å². The van der Waals surface area contributed by atoms with Crippen LogP contribution in [0, 0.1) is 23.6 Å². The zero-order valence-corrected chi connectivity index (χ0v) is 11.7. The average Bonchev–Trinajstić information content (AvgIpc) is 3.01. The van der Waals surface area contributed by atoms with Crippen molar-refractivity contribution in [1.82, 2.24) is 5.43 Å². The molecule has 3 N–H and O–H groups in total. The van der Waals surface area contributed by atoms with Crippen LogP contribution < -0.4 is 11.3 Å². The number of hydrogen-bond acceptors (Lipinski definition) is 2. The molecule has 4 heteroatoms. The van der Waals surface area contributed by atoms with Crippen molar-refractivity contribution < 1.29 is 4.39 Å². The summed E-state index contributed by atoms with van der Waals surface area (Å²) in [5.74, 6) is 7.82. The van der Waals surface area contributed by atoms with Crippen LogP contribution in [-0.4, -0.2) is 0 Å². The molecule has 2 nitrogen and oxygen atoms in total. The predicted molar refractivity (Wildman–Crippen MR) is 75.0 cm³/mol. The molecule has 1 aromatic rings. The maximum atomic E-state index is 13.5. The van der Waals surface area contributed by atoms with Gasteiger partial charge in [-0.2, -0.15) is 0 Å². The number of hydrazine groups is 1. The molecule has 0 aromatic heterocycles. The number of nitrogens with one attached hydrogen (secondary N) is 1. The van der Waals surface area contributed by atoms with E-state index >= 15 is 0 Å². The van der Waals surface area contributed by atoms with Crippen LogP contribution in [0.1, 0.15) is 43.7 Å². The largest absolute Gasteiger partial charge is 0.271 e. The van der Waals surface area contributed by atoms with Crippen LogP contribution in [0.5, 0.6) is 0 Å². The SMILES string of the molecule is NNC(CC1CC2CCC1C2)c1ccc(Cl)c(F)c1. The van der Waals surface area contributed by atoms with E-state index in [4.69, 9.17) is 17.4 Å². The van der Waals surface area contributed by atoms with Crippen LogP contribution in [0.15, 0.2) is 18.2 Å². The number of nitrogens with two attached hydrogens (primary N) is 1. The fourth-order valence-electron chi connectivity index (χ4n) is 4.00. The molecule has 4 atom stereocenters. The first kappa shape index (κ1) is 13.3. The first-order chi connectivity index (χ1) is 9.17. The Morgan fingerprint density at radius 2 is 2.21 bits per heavy atom. The van der Waals surface area contributed by atoms with E-state index < -0.39 is 0 Å². The van der Waals surface area contributed by atoms with Gasteiger partial charge < -0.3 is 0 Å². The van der Waals surface area contributed by atoms with Gasteiger partial charge in [0.2, 0.25) is 0 Å². The van der Waals surface area contributed by atoms with E-state index in [9.17, 15) is 4.39 Å². The zero-order chi connectivity index (χ0) is 13.4. The summed E-state index contributed by atoms with van der Waals surface area (Å²) in [5, 5.41) is 0.166. The Kier molecular flexibility index (Phi) is 3.79. The van der Waals surface area contributed by atoms with Crippen molar-refractivity contribution in [1.29, 1.82) is 0 Å². The fraction of sp³-hybridized carbons (Fsp3) is 0.600. The first-order valence-corrected chi connectivity index (χ1v) is 7.46. The third-order valence-electron chi connectivity index (χ3n) is 4.97.